The number of halogens is 1. The second-order valence-corrected chi connectivity index (χ2v) is 5.09. The molecular formula is C13H14ClN3O. The predicted octanol–water partition coefficient (Wildman–Crippen LogP) is 2.76. The number of nitrogens with zero attached hydrogens (tertiary/aromatic N) is 2. The normalized spacial score (nSPS) is 22.7. The van der Waals surface area contributed by atoms with Crippen LogP contribution in [0, 0.1) is 0 Å². The summed E-state index contributed by atoms with van der Waals surface area (Å²) in [7, 11) is 0. The van der Waals surface area contributed by atoms with E-state index in [9.17, 15) is 0 Å². The van der Waals surface area contributed by atoms with Crippen LogP contribution in [0.5, 0.6) is 0 Å². The van der Waals surface area contributed by atoms with Gasteiger partial charge in [-0.25, -0.2) is 0 Å². The molecule has 3 rings (SSSR count). The van der Waals surface area contributed by atoms with Gasteiger partial charge in [0.25, 0.3) is 0 Å². The monoisotopic (exact) mass is 263 g/mol. The van der Waals surface area contributed by atoms with E-state index in [1.807, 2.05) is 12.1 Å². The second kappa shape index (κ2) is 5.08. The molecule has 1 heterocycles. The third-order valence-electron chi connectivity index (χ3n) is 3.41. The molecule has 1 N–H and O–H groups in total. The molecule has 0 saturated heterocycles. The topological polar surface area (TPSA) is 51.0 Å². The zero-order valence-corrected chi connectivity index (χ0v) is 10.6. The van der Waals surface area contributed by atoms with Crippen LogP contribution in [-0.2, 0) is 6.54 Å². The van der Waals surface area contributed by atoms with Gasteiger partial charge in [-0.15, -0.1) is 0 Å². The lowest BCUT2D eigenvalue weighted by Crippen LogP contribution is -2.39. The molecule has 1 saturated carbocycles. The summed E-state index contributed by atoms with van der Waals surface area (Å²) in [5.74, 6) is 1.33. The average molecular weight is 264 g/mol. The third kappa shape index (κ3) is 2.54. The number of rotatable bonds is 4. The van der Waals surface area contributed by atoms with Crippen LogP contribution in [0.15, 0.2) is 35.2 Å². The Kier molecular flexibility index (Phi) is 3.30. The van der Waals surface area contributed by atoms with Gasteiger partial charge >= 0.3 is 0 Å². The van der Waals surface area contributed by atoms with E-state index in [0.717, 1.165) is 17.9 Å². The van der Waals surface area contributed by atoms with Crippen molar-refractivity contribution in [2.24, 2.45) is 0 Å². The molecule has 1 fully saturated rings. The highest BCUT2D eigenvalue weighted by molar-refractivity contribution is 6.30. The Hall–Kier alpha value is -1.39. The summed E-state index contributed by atoms with van der Waals surface area (Å²) >= 11 is 5.99. The number of hydrogen-bond acceptors (Lipinski definition) is 4. The molecule has 0 radical (unpaired) electrons. The van der Waals surface area contributed by atoms with E-state index in [1.54, 1.807) is 0 Å². The van der Waals surface area contributed by atoms with Crippen molar-refractivity contribution < 1.29 is 4.52 Å². The summed E-state index contributed by atoms with van der Waals surface area (Å²) in [6.07, 6.45) is 3.63. The lowest BCUT2D eigenvalue weighted by atomic mass is 9.76. The van der Waals surface area contributed by atoms with E-state index in [0.29, 0.717) is 24.3 Å². The first-order chi connectivity index (χ1) is 8.81. The van der Waals surface area contributed by atoms with Crippen molar-refractivity contribution in [3.63, 3.8) is 0 Å². The number of hydrogen-bond donors (Lipinski definition) is 1. The van der Waals surface area contributed by atoms with Crippen LogP contribution in [0.1, 0.15) is 30.1 Å². The highest BCUT2D eigenvalue weighted by Gasteiger charge is 2.30. The molecule has 18 heavy (non-hydrogen) atoms. The maximum absolute atomic E-state index is 5.99. The van der Waals surface area contributed by atoms with Gasteiger partial charge in [-0.05, 0) is 36.5 Å². The SMILES string of the molecule is Clc1cccc(C2CC(NCc3ncon3)C2)c1. The number of aromatic nitrogens is 2. The first-order valence-corrected chi connectivity index (χ1v) is 6.43. The van der Waals surface area contributed by atoms with E-state index < -0.39 is 0 Å². The van der Waals surface area contributed by atoms with E-state index in [-0.39, 0.29) is 0 Å². The fourth-order valence-electron chi connectivity index (χ4n) is 2.32. The van der Waals surface area contributed by atoms with E-state index >= 15 is 0 Å². The molecule has 1 aliphatic rings. The summed E-state index contributed by atoms with van der Waals surface area (Å²) in [6.45, 7) is 0.670. The lowest BCUT2D eigenvalue weighted by molar-refractivity contribution is 0.285. The van der Waals surface area contributed by atoms with Crippen molar-refractivity contribution in [2.75, 3.05) is 0 Å². The minimum Gasteiger partial charge on any atom is -0.343 e. The van der Waals surface area contributed by atoms with Crippen LogP contribution in [0.2, 0.25) is 5.02 Å². The van der Waals surface area contributed by atoms with Gasteiger partial charge in [-0.3, -0.25) is 0 Å². The highest BCUT2D eigenvalue weighted by Crippen LogP contribution is 2.37. The predicted molar refractivity (Wildman–Crippen MR) is 68.4 cm³/mol. The van der Waals surface area contributed by atoms with Crippen LogP contribution in [0.25, 0.3) is 0 Å². The molecule has 94 valence electrons. The fourth-order valence-corrected chi connectivity index (χ4v) is 2.52. The van der Waals surface area contributed by atoms with E-state index in [4.69, 9.17) is 11.6 Å². The standard InChI is InChI=1S/C13H14ClN3O/c14-11-3-1-2-9(4-11)10-5-12(6-10)15-7-13-16-8-18-17-13/h1-4,8,10,12,15H,5-7H2. The quantitative estimate of drug-likeness (QED) is 0.922. The third-order valence-corrected chi connectivity index (χ3v) is 3.65. The summed E-state index contributed by atoms with van der Waals surface area (Å²) in [5, 5.41) is 8.00. The van der Waals surface area contributed by atoms with Gasteiger partial charge in [0.2, 0.25) is 6.39 Å². The minimum atomic E-state index is 0.535. The van der Waals surface area contributed by atoms with Gasteiger partial charge in [0, 0.05) is 11.1 Å². The Balaban J connectivity index is 1.48. The molecule has 4 nitrogen and oxygen atoms in total. The zero-order valence-electron chi connectivity index (χ0n) is 9.84. The Morgan fingerprint density at radius 2 is 2.28 bits per heavy atom. The molecule has 0 aliphatic heterocycles. The van der Waals surface area contributed by atoms with Crippen LogP contribution in [0.3, 0.4) is 0 Å². The van der Waals surface area contributed by atoms with Gasteiger partial charge < -0.3 is 9.84 Å². The molecule has 5 heteroatoms. The maximum atomic E-state index is 5.99. The lowest BCUT2D eigenvalue weighted by Gasteiger charge is -2.36. The Morgan fingerprint density at radius 1 is 1.39 bits per heavy atom. The Morgan fingerprint density at radius 3 is 3.00 bits per heavy atom. The molecule has 0 bridgehead atoms. The summed E-state index contributed by atoms with van der Waals surface area (Å²) < 4.78 is 4.69. The van der Waals surface area contributed by atoms with Crippen LogP contribution in [0.4, 0.5) is 0 Å². The van der Waals surface area contributed by atoms with Gasteiger partial charge in [-0.2, -0.15) is 4.98 Å². The molecule has 0 amide bonds. The van der Waals surface area contributed by atoms with Crippen molar-refractivity contribution in [2.45, 2.75) is 31.3 Å². The van der Waals surface area contributed by atoms with Gasteiger partial charge in [0.05, 0.1) is 6.54 Å². The molecular weight excluding hydrogens is 250 g/mol. The van der Waals surface area contributed by atoms with E-state index in [1.165, 1.54) is 12.0 Å². The van der Waals surface area contributed by atoms with Gasteiger partial charge in [-0.1, -0.05) is 28.9 Å². The van der Waals surface area contributed by atoms with Crippen LogP contribution in [-0.4, -0.2) is 16.2 Å². The summed E-state index contributed by atoms with van der Waals surface area (Å²) in [6, 6.07) is 8.66. The molecule has 1 aromatic heterocycles. The number of benzene rings is 1. The average Bonchev–Trinajstić information content (AvgIpc) is 2.80. The zero-order chi connectivity index (χ0) is 12.4. The number of nitrogens with one attached hydrogen (secondary N) is 1. The van der Waals surface area contributed by atoms with Gasteiger partial charge in [0.15, 0.2) is 5.82 Å². The molecule has 2 aromatic rings. The first kappa shape index (κ1) is 11.7. The molecule has 1 aliphatic carbocycles. The van der Waals surface area contributed by atoms with Gasteiger partial charge in [0.1, 0.15) is 0 Å². The maximum Gasteiger partial charge on any atom is 0.213 e. The van der Waals surface area contributed by atoms with Crippen molar-refractivity contribution in [3.05, 3.63) is 47.1 Å². The van der Waals surface area contributed by atoms with Crippen molar-refractivity contribution in [1.82, 2.24) is 15.5 Å². The molecule has 0 spiro atoms. The Labute approximate surface area is 110 Å². The Bertz CT molecular complexity index is 509. The smallest absolute Gasteiger partial charge is 0.213 e. The van der Waals surface area contributed by atoms with Crippen molar-refractivity contribution >= 4 is 11.6 Å². The molecule has 1 aromatic carbocycles. The molecule has 0 unspecified atom stereocenters. The minimum absolute atomic E-state index is 0.535. The first-order valence-electron chi connectivity index (χ1n) is 6.05. The van der Waals surface area contributed by atoms with E-state index in [2.05, 4.69) is 32.1 Å². The highest BCUT2D eigenvalue weighted by atomic mass is 35.5. The fraction of sp³-hybridized carbons (Fsp3) is 0.385. The largest absolute Gasteiger partial charge is 0.343 e. The second-order valence-electron chi connectivity index (χ2n) is 4.65. The van der Waals surface area contributed by atoms with Crippen LogP contribution >= 0.6 is 11.6 Å². The summed E-state index contributed by atoms with van der Waals surface area (Å²) in [5.41, 5.74) is 1.33. The van der Waals surface area contributed by atoms with Crippen molar-refractivity contribution in [3.8, 4) is 0 Å². The van der Waals surface area contributed by atoms with Crippen LogP contribution < -0.4 is 5.32 Å². The summed E-state index contributed by atoms with van der Waals surface area (Å²) in [4.78, 5) is 3.98. The molecule has 0 atom stereocenters. The van der Waals surface area contributed by atoms with Crippen molar-refractivity contribution in [1.29, 1.82) is 0 Å².